The number of hydrogen-bond donors (Lipinski definition) is 0. The summed E-state index contributed by atoms with van der Waals surface area (Å²) >= 11 is 5.86. The highest BCUT2D eigenvalue weighted by Crippen LogP contribution is 2.32. The summed E-state index contributed by atoms with van der Waals surface area (Å²) in [6.07, 6.45) is 4.55. The van der Waals surface area contributed by atoms with E-state index in [9.17, 15) is 4.79 Å². The van der Waals surface area contributed by atoms with E-state index in [1.807, 2.05) is 0 Å². The van der Waals surface area contributed by atoms with Crippen molar-refractivity contribution in [2.45, 2.75) is 18.9 Å². The largest absolute Gasteiger partial charge is 0.489 e. The number of carbonyl (C=O) groups excluding carboxylic acids is 1. The van der Waals surface area contributed by atoms with Gasteiger partial charge in [-0.05, 0) is 12.8 Å². The molecule has 13 heavy (non-hydrogen) atoms. The second-order valence-corrected chi connectivity index (χ2v) is 3.32. The summed E-state index contributed by atoms with van der Waals surface area (Å²) in [6, 6.07) is 1.67. The molecule has 0 aromatic carbocycles. The maximum Gasteiger partial charge on any atom is 0.170 e. The third-order valence-corrected chi connectivity index (χ3v) is 2.19. The van der Waals surface area contributed by atoms with Crippen molar-refractivity contribution in [1.29, 1.82) is 0 Å². The Kier molecular flexibility index (Phi) is 2.19. The van der Waals surface area contributed by atoms with Gasteiger partial charge in [0.05, 0.1) is 6.10 Å². The summed E-state index contributed by atoms with van der Waals surface area (Å²) in [7, 11) is 0. The third-order valence-electron chi connectivity index (χ3n) is 1.81. The van der Waals surface area contributed by atoms with Gasteiger partial charge < -0.3 is 4.74 Å². The summed E-state index contributed by atoms with van der Waals surface area (Å²) in [5, 5.41) is 0.310. The van der Waals surface area contributed by atoms with E-state index in [-0.39, 0.29) is 11.8 Å². The lowest BCUT2D eigenvalue weighted by molar-refractivity contribution is 0.111. The van der Waals surface area contributed by atoms with Crippen LogP contribution in [0.3, 0.4) is 0 Å². The average molecular weight is 198 g/mol. The molecule has 0 radical (unpaired) electrons. The molecule has 0 unspecified atom stereocenters. The molecule has 0 N–H and O–H groups in total. The number of halogens is 1. The molecule has 4 heteroatoms. The number of nitrogens with zero attached hydrogens (tertiary/aromatic N) is 1. The minimum Gasteiger partial charge on any atom is -0.489 e. The molecule has 0 aliphatic heterocycles. The van der Waals surface area contributed by atoms with E-state index < -0.39 is 0 Å². The van der Waals surface area contributed by atoms with Crippen LogP contribution < -0.4 is 4.74 Å². The molecule has 1 aromatic rings. The minimum atomic E-state index is 0.236. The topological polar surface area (TPSA) is 39.2 Å². The highest BCUT2D eigenvalue weighted by atomic mass is 35.5. The molecule has 1 aromatic heterocycles. The summed E-state index contributed by atoms with van der Waals surface area (Å²) in [6.45, 7) is 0. The fourth-order valence-corrected chi connectivity index (χ4v) is 1.18. The van der Waals surface area contributed by atoms with Gasteiger partial charge in [0.25, 0.3) is 0 Å². The lowest BCUT2D eigenvalue weighted by Crippen LogP contribution is -1.99. The fourth-order valence-electron chi connectivity index (χ4n) is 0.980. The van der Waals surface area contributed by atoms with Crippen molar-refractivity contribution in [3.05, 3.63) is 23.0 Å². The first-order valence-corrected chi connectivity index (χ1v) is 4.45. The Morgan fingerprint density at radius 1 is 1.62 bits per heavy atom. The smallest absolute Gasteiger partial charge is 0.170 e. The first kappa shape index (κ1) is 8.51. The first-order valence-electron chi connectivity index (χ1n) is 4.07. The molecule has 1 saturated carbocycles. The van der Waals surface area contributed by atoms with Crippen molar-refractivity contribution in [2.75, 3.05) is 0 Å². The molecule has 1 aliphatic rings. The van der Waals surface area contributed by atoms with Gasteiger partial charge in [-0.15, -0.1) is 0 Å². The zero-order valence-electron chi connectivity index (χ0n) is 6.87. The predicted octanol–water partition coefficient (Wildman–Crippen LogP) is 2.09. The second kappa shape index (κ2) is 3.34. The van der Waals surface area contributed by atoms with Crippen LogP contribution in [0.15, 0.2) is 12.3 Å². The van der Waals surface area contributed by atoms with Crippen LogP contribution in [0.2, 0.25) is 5.02 Å². The van der Waals surface area contributed by atoms with Gasteiger partial charge in [0.2, 0.25) is 0 Å². The van der Waals surface area contributed by atoms with Crippen LogP contribution in [0.4, 0.5) is 0 Å². The highest BCUT2D eigenvalue weighted by Gasteiger charge is 2.24. The van der Waals surface area contributed by atoms with Crippen LogP contribution in [0.25, 0.3) is 0 Å². The van der Waals surface area contributed by atoms with Crippen molar-refractivity contribution < 1.29 is 9.53 Å². The van der Waals surface area contributed by atoms with Crippen molar-refractivity contribution in [3.63, 3.8) is 0 Å². The zero-order chi connectivity index (χ0) is 9.26. The summed E-state index contributed by atoms with van der Waals surface area (Å²) in [4.78, 5) is 14.3. The molecular formula is C9H8ClNO2. The van der Waals surface area contributed by atoms with Crippen molar-refractivity contribution in [3.8, 4) is 5.75 Å². The Bertz CT molecular complexity index is 336. The summed E-state index contributed by atoms with van der Waals surface area (Å²) in [5.41, 5.74) is 0.236. The van der Waals surface area contributed by atoms with Crippen LogP contribution in [0, 0.1) is 0 Å². The van der Waals surface area contributed by atoms with E-state index in [1.165, 1.54) is 6.20 Å². The van der Waals surface area contributed by atoms with E-state index in [0.29, 0.717) is 17.1 Å². The molecule has 0 bridgehead atoms. The van der Waals surface area contributed by atoms with Gasteiger partial charge in [0.1, 0.15) is 16.5 Å². The van der Waals surface area contributed by atoms with Gasteiger partial charge in [-0.2, -0.15) is 0 Å². The van der Waals surface area contributed by atoms with Gasteiger partial charge in [-0.1, -0.05) is 11.6 Å². The quantitative estimate of drug-likeness (QED) is 0.697. The zero-order valence-corrected chi connectivity index (χ0v) is 7.62. The highest BCUT2D eigenvalue weighted by molar-refractivity contribution is 6.34. The number of ether oxygens (including phenoxy) is 1. The van der Waals surface area contributed by atoms with Crippen LogP contribution in [0.1, 0.15) is 23.3 Å². The van der Waals surface area contributed by atoms with E-state index in [2.05, 4.69) is 4.98 Å². The number of hydrogen-bond acceptors (Lipinski definition) is 3. The lowest BCUT2D eigenvalue weighted by atomic mass is 10.3. The van der Waals surface area contributed by atoms with Gasteiger partial charge in [-0.25, -0.2) is 0 Å². The SMILES string of the molecule is O=Cc1nccc(OC2CC2)c1Cl. The van der Waals surface area contributed by atoms with Gasteiger partial charge >= 0.3 is 0 Å². The normalized spacial score (nSPS) is 15.5. The molecule has 0 atom stereocenters. The fraction of sp³-hybridized carbons (Fsp3) is 0.333. The van der Waals surface area contributed by atoms with Crippen molar-refractivity contribution in [1.82, 2.24) is 4.98 Å². The molecule has 68 valence electrons. The van der Waals surface area contributed by atoms with Gasteiger partial charge in [0.15, 0.2) is 6.29 Å². The number of carbonyl (C=O) groups is 1. The molecular weight excluding hydrogens is 190 g/mol. The average Bonchev–Trinajstić information content (AvgIpc) is 2.92. The number of aldehydes is 1. The number of aromatic nitrogens is 1. The molecule has 1 fully saturated rings. The monoisotopic (exact) mass is 197 g/mol. The Balaban J connectivity index is 2.27. The van der Waals surface area contributed by atoms with Crippen LogP contribution in [0.5, 0.6) is 5.75 Å². The maximum absolute atomic E-state index is 10.5. The van der Waals surface area contributed by atoms with Crippen molar-refractivity contribution in [2.24, 2.45) is 0 Å². The Morgan fingerprint density at radius 3 is 3.00 bits per heavy atom. The Hall–Kier alpha value is -1.09. The maximum atomic E-state index is 10.5. The predicted molar refractivity (Wildman–Crippen MR) is 48.3 cm³/mol. The van der Waals surface area contributed by atoms with E-state index in [1.54, 1.807) is 6.07 Å². The minimum absolute atomic E-state index is 0.236. The van der Waals surface area contributed by atoms with Gasteiger partial charge in [-0.3, -0.25) is 9.78 Å². The standard InChI is InChI=1S/C9H8ClNO2/c10-9-7(5-12)11-4-3-8(9)13-6-1-2-6/h3-6H,1-2H2. The van der Waals surface area contributed by atoms with Crippen LogP contribution >= 0.6 is 11.6 Å². The molecule has 0 amide bonds. The first-order chi connectivity index (χ1) is 6.31. The second-order valence-electron chi connectivity index (χ2n) is 2.94. The Morgan fingerprint density at radius 2 is 2.38 bits per heavy atom. The number of rotatable bonds is 3. The van der Waals surface area contributed by atoms with Gasteiger partial charge in [0, 0.05) is 12.3 Å². The Labute approximate surface area is 80.7 Å². The molecule has 1 aliphatic carbocycles. The van der Waals surface area contributed by atoms with E-state index in [4.69, 9.17) is 16.3 Å². The summed E-state index contributed by atoms with van der Waals surface area (Å²) in [5.74, 6) is 0.557. The molecule has 1 heterocycles. The van der Waals surface area contributed by atoms with Crippen molar-refractivity contribution >= 4 is 17.9 Å². The molecule has 2 rings (SSSR count). The lowest BCUT2D eigenvalue weighted by Gasteiger charge is -2.06. The van der Waals surface area contributed by atoms with Crippen LogP contribution in [-0.4, -0.2) is 17.4 Å². The van der Waals surface area contributed by atoms with E-state index >= 15 is 0 Å². The number of pyridine rings is 1. The third kappa shape index (κ3) is 1.80. The molecule has 0 saturated heterocycles. The summed E-state index contributed by atoms with van der Waals surface area (Å²) < 4.78 is 5.47. The van der Waals surface area contributed by atoms with E-state index in [0.717, 1.165) is 12.8 Å². The molecule has 3 nitrogen and oxygen atoms in total. The molecule has 0 spiro atoms. The van der Waals surface area contributed by atoms with Crippen LogP contribution in [-0.2, 0) is 0 Å².